The highest BCUT2D eigenvalue weighted by molar-refractivity contribution is 5.95. The first-order valence-corrected chi connectivity index (χ1v) is 8.99. The third-order valence-electron chi connectivity index (χ3n) is 4.86. The van der Waals surface area contributed by atoms with Crippen LogP contribution in [0.3, 0.4) is 0 Å². The highest BCUT2D eigenvalue weighted by Gasteiger charge is 2.30. The number of benzene rings is 2. The summed E-state index contributed by atoms with van der Waals surface area (Å²) in [7, 11) is 1.61. The van der Waals surface area contributed by atoms with Gasteiger partial charge in [-0.05, 0) is 55.6 Å². The maximum atomic E-state index is 12.7. The third kappa shape index (κ3) is 4.83. The van der Waals surface area contributed by atoms with Crippen LogP contribution >= 0.6 is 0 Å². The number of hydrogen-bond donors (Lipinski definition) is 1. The van der Waals surface area contributed by atoms with Crippen LogP contribution in [0, 0.1) is 10.1 Å². The molecular weight excluding hydrogens is 346 g/mol. The number of hydrogen-bond acceptors (Lipinski definition) is 5. The number of non-ortho nitro benzene ring substituents is 1. The third-order valence-corrected chi connectivity index (χ3v) is 4.86. The van der Waals surface area contributed by atoms with Crippen molar-refractivity contribution < 1.29 is 14.5 Å². The van der Waals surface area contributed by atoms with Crippen molar-refractivity contribution in [1.82, 2.24) is 4.90 Å². The van der Waals surface area contributed by atoms with Crippen molar-refractivity contribution in [3.8, 4) is 5.75 Å². The molecule has 1 aliphatic heterocycles. The Bertz CT molecular complexity index is 790. The number of nitrogens with one attached hydrogen (secondary N) is 1. The maximum Gasteiger partial charge on any atom is 0.269 e. The number of anilines is 1. The lowest BCUT2D eigenvalue weighted by Gasteiger charge is -2.23. The molecule has 0 aromatic heterocycles. The minimum Gasteiger partial charge on any atom is -0.497 e. The van der Waals surface area contributed by atoms with E-state index in [0.29, 0.717) is 0 Å². The Morgan fingerprint density at radius 3 is 2.56 bits per heavy atom. The lowest BCUT2D eigenvalue weighted by atomic mass is 10.1. The Kier molecular flexibility index (Phi) is 6.03. The summed E-state index contributed by atoms with van der Waals surface area (Å²) in [6, 6.07) is 13.7. The first kappa shape index (κ1) is 18.8. The molecule has 1 atom stereocenters. The molecule has 1 N–H and O–H groups in total. The molecule has 0 spiro atoms. The molecule has 0 aliphatic carbocycles. The summed E-state index contributed by atoms with van der Waals surface area (Å²) in [5.41, 5.74) is 1.88. The van der Waals surface area contributed by atoms with Crippen LogP contribution in [0.15, 0.2) is 48.5 Å². The Hall–Kier alpha value is -2.93. The van der Waals surface area contributed by atoms with Gasteiger partial charge in [-0.15, -0.1) is 0 Å². The van der Waals surface area contributed by atoms with Crippen LogP contribution in [-0.2, 0) is 11.2 Å². The van der Waals surface area contributed by atoms with Gasteiger partial charge < -0.3 is 10.1 Å². The average molecular weight is 369 g/mol. The zero-order valence-corrected chi connectivity index (χ0v) is 15.3. The standard InChI is InChI=1S/C20H23N3O4/c1-27-18-10-6-16(7-11-18)21-20(24)19-3-2-13-22(19)14-12-15-4-8-17(9-5-15)23(25)26/h4-11,19H,2-3,12-14H2,1H3,(H,21,24)/t19-/m0/s1. The fraction of sp³-hybridized carbons (Fsp3) is 0.350. The zero-order valence-electron chi connectivity index (χ0n) is 15.3. The van der Waals surface area contributed by atoms with Crippen molar-refractivity contribution in [2.24, 2.45) is 0 Å². The van der Waals surface area contributed by atoms with Gasteiger partial charge in [-0.1, -0.05) is 12.1 Å². The molecule has 1 saturated heterocycles. The fourth-order valence-corrected chi connectivity index (χ4v) is 3.35. The van der Waals surface area contributed by atoms with Crippen molar-refractivity contribution in [2.75, 3.05) is 25.5 Å². The van der Waals surface area contributed by atoms with Crippen LogP contribution in [0.1, 0.15) is 18.4 Å². The van der Waals surface area contributed by atoms with Gasteiger partial charge in [0.1, 0.15) is 5.75 Å². The molecule has 0 unspecified atom stereocenters. The predicted octanol–water partition coefficient (Wildman–Crippen LogP) is 3.25. The smallest absolute Gasteiger partial charge is 0.269 e. The van der Waals surface area contributed by atoms with E-state index >= 15 is 0 Å². The molecule has 27 heavy (non-hydrogen) atoms. The Morgan fingerprint density at radius 1 is 1.22 bits per heavy atom. The molecule has 1 amide bonds. The van der Waals surface area contributed by atoms with E-state index in [1.807, 2.05) is 24.3 Å². The number of carbonyl (C=O) groups is 1. The summed E-state index contributed by atoms with van der Waals surface area (Å²) in [4.78, 5) is 25.2. The van der Waals surface area contributed by atoms with Gasteiger partial charge in [0.05, 0.1) is 18.1 Å². The zero-order chi connectivity index (χ0) is 19.2. The Morgan fingerprint density at radius 2 is 1.93 bits per heavy atom. The number of nitrogens with zero attached hydrogens (tertiary/aromatic N) is 2. The summed E-state index contributed by atoms with van der Waals surface area (Å²) < 4.78 is 5.13. The number of amides is 1. The van der Waals surface area contributed by atoms with E-state index in [2.05, 4.69) is 10.2 Å². The molecule has 7 nitrogen and oxygen atoms in total. The van der Waals surface area contributed by atoms with E-state index in [4.69, 9.17) is 4.74 Å². The second-order valence-corrected chi connectivity index (χ2v) is 6.59. The average Bonchev–Trinajstić information content (AvgIpc) is 3.16. The molecule has 3 rings (SSSR count). The van der Waals surface area contributed by atoms with Crippen molar-refractivity contribution in [3.05, 3.63) is 64.2 Å². The van der Waals surface area contributed by atoms with E-state index in [1.165, 1.54) is 12.1 Å². The second-order valence-electron chi connectivity index (χ2n) is 6.59. The van der Waals surface area contributed by atoms with Crippen molar-refractivity contribution in [3.63, 3.8) is 0 Å². The number of rotatable bonds is 7. The lowest BCUT2D eigenvalue weighted by Crippen LogP contribution is -2.40. The van der Waals surface area contributed by atoms with Crippen molar-refractivity contribution in [1.29, 1.82) is 0 Å². The molecule has 1 aliphatic rings. The molecule has 2 aromatic carbocycles. The number of likely N-dealkylation sites (tertiary alicyclic amines) is 1. The summed E-state index contributed by atoms with van der Waals surface area (Å²) in [5, 5.41) is 13.7. The van der Waals surface area contributed by atoms with Gasteiger partial charge in [-0.2, -0.15) is 0 Å². The van der Waals surface area contributed by atoms with E-state index in [9.17, 15) is 14.9 Å². The number of methoxy groups -OCH3 is 1. The van der Waals surface area contributed by atoms with Crippen LogP contribution in [0.2, 0.25) is 0 Å². The van der Waals surface area contributed by atoms with Crippen LogP contribution in [0.5, 0.6) is 5.75 Å². The largest absolute Gasteiger partial charge is 0.497 e. The molecule has 1 heterocycles. The van der Waals surface area contributed by atoms with Gasteiger partial charge >= 0.3 is 0 Å². The fourth-order valence-electron chi connectivity index (χ4n) is 3.35. The number of nitro groups is 1. The summed E-state index contributed by atoms with van der Waals surface area (Å²) in [6.45, 7) is 1.63. The van der Waals surface area contributed by atoms with Crippen LogP contribution < -0.4 is 10.1 Å². The molecule has 1 fully saturated rings. The van der Waals surface area contributed by atoms with E-state index < -0.39 is 4.92 Å². The van der Waals surface area contributed by atoms with Gasteiger partial charge in [-0.3, -0.25) is 19.8 Å². The molecule has 0 saturated carbocycles. The van der Waals surface area contributed by atoms with E-state index in [-0.39, 0.29) is 17.6 Å². The second kappa shape index (κ2) is 8.64. The molecular formula is C20H23N3O4. The lowest BCUT2D eigenvalue weighted by molar-refractivity contribution is -0.384. The highest BCUT2D eigenvalue weighted by atomic mass is 16.6. The normalized spacial score (nSPS) is 16.9. The minimum atomic E-state index is -0.399. The first-order chi connectivity index (χ1) is 13.1. The molecule has 2 aromatic rings. The van der Waals surface area contributed by atoms with Crippen LogP contribution in [-0.4, -0.2) is 42.0 Å². The van der Waals surface area contributed by atoms with Crippen LogP contribution in [0.4, 0.5) is 11.4 Å². The molecule has 7 heteroatoms. The first-order valence-electron chi connectivity index (χ1n) is 8.99. The van der Waals surface area contributed by atoms with Gasteiger partial charge in [0, 0.05) is 24.4 Å². The number of nitro benzene ring substituents is 1. The number of carbonyl (C=O) groups excluding carboxylic acids is 1. The van der Waals surface area contributed by atoms with Gasteiger partial charge in [0.15, 0.2) is 0 Å². The van der Waals surface area contributed by atoms with Crippen molar-refractivity contribution >= 4 is 17.3 Å². The molecule has 142 valence electrons. The molecule has 0 bridgehead atoms. The SMILES string of the molecule is COc1ccc(NC(=O)[C@@H]2CCCN2CCc2ccc([N+](=O)[O-])cc2)cc1. The topological polar surface area (TPSA) is 84.7 Å². The predicted molar refractivity (Wildman–Crippen MR) is 103 cm³/mol. The Labute approximate surface area is 158 Å². The van der Waals surface area contributed by atoms with Crippen LogP contribution in [0.25, 0.3) is 0 Å². The molecule has 0 radical (unpaired) electrons. The van der Waals surface area contributed by atoms with E-state index in [0.717, 1.165) is 49.4 Å². The Balaban J connectivity index is 1.55. The summed E-state index contributed by atoms with van der Waals surface area (Å²) in [6.07, 6.45) is 2.58. The monoisotopic (exact) mass is 369 g/mol. The number of ether oxygens (including phenoxy) is 1. The minimum absolute atomic E-state index is 0.00127. The quantitative estimate of drug-likeness (QED) is 0.598. The highest BCUT2D eigenvalue weighted by Crippen LogP contribution is 2.21. The van der Waals surface area contributed by atoms with Crippen molar-refractivity contribution in [2.45, 2.75) is 25.3 Å². The van der Waals surface area contributed by atoms with Gasteiger partial charge in [-0.25, -0.2) is 0 Å². The van der Waals surface area contributed by atoms with Gasteiger partial charge in [0.25, 0.3) is 5.69 Å². The maximum absolute atomic E-state index is 12.7. The van der Waals surface area contributed by atoms with Gasteiger partial charge in [0.2, 0.25) is 5.91 Å². The summed E-state index contributed by atoms with van der Waals surface area (Å²) >= 11 is 0. The summed E-state index contributed by atoms with van der Waals surface area (Å²) in [5.74, 6) is 0.750. The van der Waals surface area contributed by atoms with E-state index in [1.54, 1.807) is 19.2 Å².